The average Bonchev–Trinajstić information content (AvgIpc) is 2.00. The molecule has 0 amide bonds. The van der Waals surface area contributed by atoms with E-state index in [2.05, 4.69) is 27.7 Å². The fraction of sp³-hybridized carbons (Fsp3) is 1.00. The average molecular weight is 263 g/mol. The summed E-state index contributed by atoms with van der Waals surface area (Å²) in [6.07, 6.45) is 9.74. The smallest absolute Gasteiger partial charge is 0.0149 e. The Kier molecular flexibility index (Phi) is 77.9. The van der Waals surface area contributed by atoms with Gasteiger partial charge in [-0.1, -0.05) is 72.6 Å². The van der Waals surface area contributed by atoms with Crippen LogP contribution in [0.1, 0.15) is 72.6 Å². The van der Waals surface area contributed by atoms with Crippen molar-refractivity contribution < 1.29 is 0 Å². The molecule has 0 radical (unpaired) electrons. The lowest BCUT2D eigenvalue weighted by molar-refractivity contribution is 0.624. The summed E-state index contributed by atoms with van der Waals surface area (Å²) in [5, 5.41) is 0. The molecule has 0 fully saturated rings. The Labute approximate surface area is 108 Å². The minimum absolute atomic E-state index is 0. The third-order valence-corrected chi connectivity index (χ3v) is 1.46. The summed E-state index contributed by atoms with van der Waals surface area (Å²) in [4.78, 5) is 0. The fourth-order valence-electron chi connectivity index (χ4n) is 0.854. The van der Waals surface area contributed by atoms with E-state index < -0.39 is 0 Å². The molecule has 0 unspecified atom stereocenters. The Bertz CT molecular complexity index is 46.6. The van der Waals surface area contributed by atoms with Crippen molar-refractivity contribution in [3.63, 3.8) is 0 Å². The summed E-state index contributed by atoms with van der Waals surface area (Å²) >= 11 is 0. The van der Waals surface area contributed by atoms with Crippen LogP contribution in [-0.4, -0.2) is 11.0 Å². The predicted octanol–water partition coefficient (Wildman–Crippen LogP) is 4.18. The van der Waals surface area contributed by atoms with Gasteiger partial charge in [-0.2, -0.15) is 0 Å². The molecule has 0 aliphatic heterocycles. The zero-order valence-electron chi connectivity index (χ0n) is 9.77. The summed E-state index contributed by atoms with van der Waals surface area (Å²) in [6, 6.07) is 0. The topological polar surface area (TPSA) is 0 Å². The lowest BCUT2D eigenvalue weighted by Crippen LogP contribution is -1.73. The Morgan fingerprint density at radius 1 is 0.571 bits per heavy atom. The maximum absolute atomic E-state index is 2.26. The molecule has 3 heteroatoms. The first kappa shape index (κ1) is 29.3. The van der Waals surface area contributed by atoms with E-state index in [1.54, 1.807) is 0 Å². The van der Waals surface area contributed by atoms with Crippen molar-refractivity contribution in [2.24, 2.45) is 0 Å². The summed E-state index contributed by atoms with van der Waals surface area (Å²) in [6.45, 7) is 8.76. The predicted molar refractivity (Wildman–Crippen MR) is 80.8 cm³/mol. The summed E-state index contributed by atoms with van der Waals surface area (Å²) in [5.74, 6) is 0. The molecule has 0 bridgehead atoms. The molecule has 0 aliphatic rings. The van der Waals surface area contributed by atoms with Crippen LogP contribution in [0.4, 0.5) is 0 Å². The third kappa shape index (κ3) is 53.0. The van der Waals surface area contributed by atoms with Gasteiger partial charge in [0, 0.05) is 0 Å². The molecule has 0 nitrogen and oxygen atoms in total. The van der Waals surface area contributed by atoms with E-state index in [4.69, 9.17) is 0 Å². The highest BCUT2D eigenvalue weighted by molar-refractivity contribution is 5.85. The SMILES string of the molecule is CCC.CCCCCCCC.Cl.Cl.[SiH4]. The molecule has 0 aromatic rings. The van der Waals surface area contributed by atoms with Gasteiger partial charge in [-0.15, -0.1) is 24.8 Å². The maximum Gasteiger partial charge on any atom is -0.0149 e. The highest BCUT2D eigenvalue weighted by Gasteiger charge is 1.83. The monoisotopic (exact) mass is 262 g/mol. The number of halogens is 2. The minimum atomic E-state index is 0. The van der Waals surface area contributed by atoms with E-state index in [1.165, 1.54) is 44.9 Å². The Morgan fingerprint density at radius 3 is 0.929 bits per heavy atom. The first-order chi connectivity index (χ1) is 5.33. The van der Waals surface area contributed by atoms with Gasteiger partial charge in [0.05, 0.1) is 0 Å². The second kappa shape index (κ2) is 37.2. The second-order valence-electron chi connectivity index (χ2n) is 3.12. The van der Waals surface area contributed by atoms with E-state index in [-0.39, 0.29) is 35.8 Å². The second-order valence-corrected chi connectivity index (χ2v) is 3.12. The van der Waals surface area contributed by atoms with Crippen LogP contribution in [0.25, 0.3) is 0 Å². The standard InChI is InChI=1S/C8H18.C3H8.2ClH.H4Si/c1-3-5-7-8-6-4-2;1-3-2;;;/h3-8H2,1-2H3;3H2,1-2H3;2*1H;1H4. The van der Waals surface area contributed by atoms with Gasteiger partial charge >= 0.3 is 0 Å². The number of unbranched alkanes of at least 4 members (excludes halogenated alkanes) is 5. The zero-order chi connectivity index (χ0) is 8.95. The molecule has 0 aromatic heterocycles. The van der Waals surface area contributed by atoms with Crippen LogP contribution in [-0.2, 0) is 0 Å². The molecule has 0 rings (SSSR count). The van der Waals surface area contributed by atoms with Crippen molar-refractivity contribution in [3.8, 4) is 0 Å². The van der Waals surface area contributed by atoms with Gasteiger partial charge in [0.25, 0.3) is 0 Å². The van der Waals surface area contributed by atoms with Gasteiger partial charge in [0.15, 0.2) is 0 Å². The molecule has 0 spiro atoms. The molecule has 0 aliphatic carbocycles. The lowest BCUT2D eigenvalue weighted by Gasteiger charge is -1.93. The molecule has 0 saturated heterocycles. The van der Waals surface area contributed by atoms with E-state index in [0.29, 0.717) is 0 Å². The Morgan fingerprint density at radius 2 is 0.786 bits per heavy atom. The molecule has 0 N–H and O–H groups in total. The molecule has 14 heavy (non-hydrogen) atoms. The van der Waals surface area contributed by atoms with Gasteiger partial charge in [-0.3, -0.25) is 0 Å². The van der Waals surface area contributed by atoms with Crippen LogP contribution in [0.15, 0.2) is 0 Å². The van der Waals surface area contributed by atoms with Crippen molar-refractivity contribution in [3.05, 3.63) is 0 Å². The first-order valence-electron chi connectivity index (χ1n) is 5.33. The van der Waals surface area contributed by atoms with Crippen molar-refractivity contribution >= 4 is 35.8 Å². The Hall–Kier alpha value is 0.797. The normalized spacial score (nSPS) is 6.86. The lowest BCUT2D eigenvalue weighted by atomic mass is 10.1. The van der Waals surface area contributed by atoms with Crippen LogP contribution >= 0.6 is 24.8 Å². The summed E-state index contributed by atoms with van der Waals surface area (Å²) in [7, 11) is 0. The van der Waals surface area contributed by atoms with Gasteiger partial charge in [0.1, 0.15) is 0 Å². The highest BCUT2D eigenvalue weighted by atomic mass is 35.5. The van der Waals surface area contributed by atoms with Crippen molar-refractivity contribution in [1.29, 1.82) is 0 Å². The molecular formula is C11H32Cl2Si. The highest BCUT2D eigenvalue weighted by Crippen LogP contribution is 2.03. The van der Waals surface area contributed by atoms with Crippen LogP contribution in [0.2, 0.25) is 0 Å². The first-order valence-corrected chi connectivity index (χ1v) is 5.33. The van der Waals surface area contributed by atoms with E-state index in [1.807, 2.05) is 0 Å². The molecule has 0 saturated carbocycles. The van der Waals surface area contributed by atoms with Crippen molar-refractivity contribution in [1.82, 2.24) is 0 Å². The maximum atomic E-state index is 2.26. The zero-order valence-corrected chi connectivity index (χ0v) is 11.4. The quantitative estimate of drug-likeness (QED) is 0.516. The van der Waals surface area contributed by atoms with E-state index >= 15 is 0 Å². The van der Waals surface area contributed by atoms with Crippen LogP contribution in [0, 0.1) is 0 Å². The van der Waals surface area contributed by atoms with Crippen molar-refractivity contribution in [2.75, 3.05) is 0 Å². The van der Waals surface area contributed by atoms with E-state index in [0.717, 1.165) is 0 Å². The van der Waals surface area contributed by atoms with Gasteiger partial charge in [-0.25, -0.2) is 0 Å². The van der Waals surface area contributed by atoms with E-state index in [9.17, 15) is 0 Å². The largest absolute Gasteiger partial charge is 0.147 e. The van der Waals surface area contributed by atoms with Crippen LogP contribution in [0.3, 0.4) is 0 Å². The Balaban J connectivity index is -0.0000000405. The molecule has 94 valence electrons. The molecule has 0 atom stereocenters. The minimum Gasteiger partial charge on any atom is -0.147 e. The summed E-state index contributed by atoms with van der Waals surface area (Å²) < 4.78 is 0. The van der Waals surface area contributed by atoms with Crippen LogP contribution in [0.5, 0.6) is 0 Å². The number of hydrogen-bond acceptors (Lipinski definition) is 0. The number of hydrogen-bond donors (Lipinski definition) is 0. The fourth-order valence-corrected chi connectivity index (χ4v) is 0.854. The van der Waals surface area contributed by atoms with Crippen molar-refractivity contribution in [2.45, 2.75) is 72.6 Å². The third-order valence-electron chi connectivity index (χ3n) is 1.46. The molecule has 0 aromatic carbocycles. The number of rotatable bonds is 5. The van der Waals surface area contributed by atoms with Gasteiger partial charge in [-0.05, 0) is 11.0 Å². The van der Waals surface area contributed by atoms with Gasteiger partial charge in [0.2, 0.25) is 0 Å². The molecular weight excluding hydrogens is 231 g/mol. The molecule has 0 heterocycles. The van der Waals surface area contributed by atoms with Gasteiger partial charge < -0.3 is 0 Å². The van der Waals surface area contributed by atoms with Crippen LogP contribution < -0.4 is 0 Å². The summed E-state index contributed by atoms with van der Waals surface area (Å²) in [5.41, 5.74) is 0.